The number of rotatable bonds is 3. The van der Waals surface area contributed by atoms with Crippen LogP contribution in [-0.2, 0) is 0 Å². The van der Waals surface area contributed by atoms with Crippen LogP contribution in [0.25, 0.3) is 0 Å². The third kappa shape index (κ3) is 2.26. The fraction of sp³-hybridized carbons (Fsp3) is 0.769. The summed E-state index contributed by atoms with van der Waals surface area (Å²) in [6.45, 7) is 2.30. The highest BCUT2D eigenvalue weighted by molar-refractivity contribution is 7.09. The van der Waals surface area contributed by atoms with E-state index < -0.39 is 0 Å². The van der Waals surface area contributed by atoms with Crippen LogP contribution in [0.1, 0.15) is 43.5 Å². The Morgan fingerprint density at radius 2 is 2.12 bits per heavy atom. The lowest BCUT2D eigenvalue weighted by molar-refractivity contribution is 0.134. The number of nitrogens with zero attached hydrogens (tertiary/aromatic N) is 2. The molecule has 2 aliphatic heterocycles. The number of aromatic nitrogens is 1. The van der Waals surface area contributed by atoms with Gasteiger partial charge in [-0.1, -0.05) is 0 Å². The van der Waals surface area contributed by atoms with Crippen LogP contribution < -0.4 is 5.32 Å². The predicted molar refractivity (Wildman–Crippen MR) is 71.3 cm³/mol. The van der Waals surface area contributed by atoms with Gasteiger partial charge in [-0.2, -0.15) is 0 Å². The molecule has 0 aromatic carbocycles. The van der Waals surface area contributed by atoms with Crippen LogP contribution in [0.4, 0.5) is 0 Å². The maximum atomic E-state index is 4.19. The molecule has 3 rings (SSSR count). The van der Waals surface area contributed by atoms with E-state index in [0.29, 0.717) is 6.04 Å². The van der Waals surface area contributed by atoms with E-state index in [0.717, 1.165) is 18.1 Å². The van der Waals surface area contributed by atoms with Crippen LogP contribution in [0.15, 0.2) is 11.7 Å². The molecule has 17 heavy (non-hydrogen) atoms. The molecule has 2 bridgehead atoms. The Morgan fingerprint density at radius 3 is 2.71 bits per heavy atom. The second-order valence-electron chi connectivity index (χ2n) is 5.51. The summed E-state index contributed by atoms with van der Waals surface area (Å²) in [4.78, 5) is 8.14. The van der Waals surface area contributed by atoms with Crippen LogP contribution in [0.3, 0.4) is 0 Å². The first kappa shape index (κ1) is 11.6. The average molecular weight is 251 g/mol. The monoisotopic (exact) mass is 251 g/mol. The minimum Gasteiger partial charge on any atom is -0.311 e. The average Bonchev–Trinajstić information content (AvgIpc) is 2.97. The number of hydrogen-bond acceptors (Lipinski definition) is 4. The highest BCUT2D eigenvalue weighted by Gasteiger charge is 2.36. The minimum absolute atomic E-state index is 0.505. The fourth-order valence-corrected chi connectivity index (χ4v) is 4.04. The van der Waals surface area contributed by atoms with Crippen molar-refractivity contribution in [3.05, 3.63) is 16.6 Å². The van der Waals surface area contributed by atoms with Gasteiger partial charge in [-0.3, -0.25) is 9.88 Å². The highest BCUT2D eigenvalue weighted by atomic mass is 32.1. The van der Waals surface area contributed by atoms with Crippen molar-refractivity contribution >= 4 is 11.3 Å². The smallest absolute Gasteiger partial charge is 0.0794 e. The number of thiazole rings is 1. The van der Waals surface area contributed by atoms with Crippen LogP contribution in [0, 0.1) is 0 Å². The van der Waals surface area contributed by atoms with Crippen molar-refractivity contribution in [3.63, 3.8) is 0 Å². The molecule has 2 fully saturated rings. The summed E-state index contributed by atoms with van der Waals surface area (Å²) in [5.74, 6) is 0. The Balaban J connectivity index is 1.68. The molecule has 0 radical (unpaired) electrons. The Bertz CT molecular complexity index is 353. The van der Waals surface area contributed by atoms with Gasteiger partial charge in [-0.25, -0.2) is 0 Å². The molecular formula is C13H21N3S. The Kier molecular flexibility index (Phi) is 3.19. The van der Waals surface area contributed by atoms with Gasteiger partial charge in [-0.15, -0.1) is 11.3 Å². The van der Waals surface area contributed by atoms with E-state index in [1.165, 1.54) is 30.6 Å². The van der Waals surface area contributed by atoms with Crippen molar-refractivity contribution in [1.29, 1.82) is 0 Å². The summed E-state index contributed by atoms with van der Waals surface area (Å²) in [7, 11) is 2.28. The van der Waals surface area contributed by atoms with E-state index in [-0.39, 0.29) is 0 Å². The standard InChI is InChI=1S/C13H21N3S/c1-9(13-7-14-8-17-13)16(2)12-5-10-3-4-11(6-12)15-10/h7-12,15H,3-6H2,1-2H3. The zero-order chi connectivity index (χ0) is 11.8. The van der Waals surface area contributed by atoms with Crippen molar-refractivity contribution in [2.75, 3.05) is 7.05 Å². The first-order chi connectivity index (χ1) is 8.24. The van der Waals surface area contributed by atoms with Gasteiger partial charge < -0.3 is 5.32 Å². The van der Waals surface area contributed by atoms with Crippen molar-refractivity contribution in [2.45, 2.75) is 56.8 Å². The van der Waals surface area contributed by atoms with E-state index in [4.69, 9.17) is 0 Å². The molecule has 3 atom stereocenters. The highest BCUT2D eigenvalue weighted by Crippen LogP contribution is 2.33. The Labute approximate surface area is 107 Å². The third-order valence-electron chi connectivity index (χ3n) is 4.50. The summed E-state index contributed by atoms with van der Waals surface area (Å²) in [5, 5.41) is 3.71. The summed E-state index contributed by atoms with van der Waals surface area (Å²) in [6, 6.07) is 2.79. The molecule has 4 heteroatoms. The van der Waals surface area contributed by atoms with Crippen LogP contribution >= 0.6 is 11.3 Å². The predicted octanol–water partition coefficient (Wildman–Crippen LogP) is 2.42. The third-order valence-corrected chi connectivity index (χ3v) is 5.44. The quantitative estimate of drug-likeness (QED) is 0.894. The van der Waals surface area contributed by atoms with Gasteiger partial charge in [-0.05, 0) is 39.7 Å². The first-order valence-corrected chi connectivity index (χ1v) is 7.48. The minimum atomic E-state index is 0.505. The molecular weight excluding hydrogens is 230 g/mol. The molecule has 2 saturated heterocycles. The number of piperidine rings is 1. The summed E-state index contributed by atoms with van der Waals surface area (Å²) in [6.07, 6.45) is 7.40. The second-order valence-corrected chi connectivity index (χ2v) is 6.43. The molecule has 94 valence electrons. The lowest BCUT2D eigenvalue weighted by atomic mass is 9.97. The Morgan fingerprint density at radius 1 is 1.41 bits per heavy atom. The molecule has 3 heterocycles. The topological polar surface area (TPSA) is 28.2 Å². The zero-order valence-corrected chi connectivity index (χ0v) is 11.4. The van der Waals surface area contributed by atoms with E-state index in [1.54, 1.807) is 11.3 Å². The first-order valence-electron chi connectivity index (χ1n) is 6.60. The van der Waals surface area contributed by atoms with Gasteiger partial charge in [0.05, 0.1) is 5.51 Å². The largest absolute Gasteiger partial charge is 0.311 e. The Hall–Kier alpha value is -0.450. The van der Waals surface area contributed by atoms with Crippen molar-refractivity contribution in [2.24, 2.45) is 0 Å². The van der Waals surface area contributed by atoms with Gasteiger partial charge in [0, 0.05) is 35.2 Å². The molecule has 0 spiro atoms. The fourth-order valence-electron chi connectivity index (χ4n) is 3.31. The van der Waals surface area contributed by atoms with Gasteiger partial charge in [0.15, 0.2) is 0 Å². The van der Waals surface area contributed by atoms with Crippen molar-refractivity contribution < 1.29 is 0 Å². The molecule has 0 saturated carbocycles. The van der Waals surface area contributed by atoms with Crippen LogP contribution in [0.5, 0.6) is 0 Å². The lowest BCUT2D eigenvalue weighted by Crippen LogP contribution is -2.47. The van der Waals surface area contributed by atoms with E-state index in [1.807, 2.05) is 11.7 Å². The molecule has 2 aliphatic rings. The number of nitrogens with one attached hydrogen (secondary N) is 1. The van der Waals surface area contributed by atoms with Crippen molar-refractivity contribution in [3.8, 4) is 0 Å². The van der Waals surface area contributed by atoms with Gasteiger partial charge in [0.2, 0.25) is 0 Å². The van der Waals surface area contributed by atoms with Crippen LogP contribution in [-0.4, -0.2) is 35.1 Å². The van der Waals surface area contributed by atoms with E-state index in [2.05, 4.69) is 29.2 Å². The molecule has 3 nitrogen and oxygen atoms in total. The van der Waals surface area contributed by atoms with Gasteiger partial charge in [0.1, 0.15) is 0 Å². The zero-order valence-electron chi connectivity index (χ0n) is 10.6. The van der Waals surface area contributed by atoms with Gasteiger partial charge in [0.25, 0.3) is 0 Å². The van der Waals surface area contributed by atoms with Crippen molar-refractivity contribution in [1.82, 2.24) is 15.2 Å². The van der Waals surface area contributed by atoms with E-state index >= 15 is 0 Å². The summed E-state index contributed by atoms with van der Waals surface area (Å²) in [5.41, 5.74) is 1.94. The SMILES string of the molecule is CC(c1cncs1)N(C)C1CC2CCC(C1)N2. The maximum absolute atomic E-state index is 4.19. The summed E-state index contributed by atoms with van der Waals surface area (Å²) < 4.78 is 0. The summed E-state index contributed by atoms with van der Waals surface area (Å²) >= 11 is 1.77. The normalized spacial score (nSPS) is 34.2. The lowest BCUT2D eigenvalue weighted by Gasteiger charge is -2.38. The maximum Gasteiger partial charge on any atom is 0.0794 e. The molecule has 1 aromatic heterocycles. The molecule has 1 N–H and O–H groups in total. The second kappa shape index (κ2) is 4.67. The van der Waals surface area contributed by atoms with E-state index in [9.17, 15) is 0 Å². The number of fused-ring (bicyclic) bond motifs is 2. The number of hydrogen-bond donors (Lipinski definition) is 1. The van der Waals surface area contributed by atoms with Crippen LogP contribution in [0.2, 0.25) is 0 Å². The molecule has 0 aliphatic carbocycles. The molecule has 3 unspecified atom stereocenters. The molecule has 0 amide bonds. The van der Waals surface area contributed by atoms with Gasteiger partial charge >= 0.3 is 0 Å². The molecule has 1 aromatic rings.